The fourth-order valence-electron chi connectivity index (χ4n) is 2.38. The Morgan fingerprint density at radius 1 is 0.960 bits per heavy atom. The van der Waals surface area contributed by atoms with E-state index in [2.05, 4.69) is 5.32 Å². The molecule has 3 aromatic rings. The summed E-state index contributed by atoms with van der Waals surface area (Å²) in [6, 6.07) is 19.7. The second-order valence-electron chi connectivity index (χ2n) is 5.61. The maximum absolute atomic E-state index is 12.3. The molecule has 0 spiro atoms. The summed E-state index contributed by atoms with van der Waals surface area (Å²) in [4.78, 5) is 24.4. The normalized spacial score (nSPS) is 11.8. The van der Waals surface area contributed by atoms with Crippen LogP contribution in [0.1, 0.15) is 17.3 Å². The third kappa shape index (κ3) is 4.17. The van der Waals surface area contributed by atoms with Gasteiger partial charge in [-0.15, -0.1) is 0 Å². The minimum Gasteiger partial charge on any atom is -0.449 e. The van der Waals surface area contributed by atoms with Gasteiger partial charge < -0.3 is 10.1 Å². The number of hydrogen-bond acceptors (Lipinski definition) is 3. The lowest BCUT2D eigenvalue weighted by Crippen LogP contribution is -2.29. The Morgan fingerprint density at radius 2 is 1.64 bits per heavy atom. The summed E-state index contributed by atoms with van der Waals surface area (Å²) < 4.78 is 5.27. The maximum Gasteiger partial charge on any atom is 0.338 e. The van der Waals surface area contributed by atoms with Crippen LogP contribution in [0.5, 0.6) is 0 Å². The Balaban J connectivity index is 1.66. The van der Waals surface area contributed by atoms with Crippen molar-refractivity contribution in [3.05, 3.63) is 77.3 Å². The van der Waals surface area contributed by atoms with Gasteiger partial charge in [0, 0.05) is 10.7 Å². The van der Waals surface area contributed by atoms with E-state index in [1.165, 1.54) is 6.92 Å². The lowest BCUT2D eigenvalue weighted by molar-refractivity contribution is -0.123. The number of nitrogens with one attached hydrogen (secondary N) is 1. The molecule has 0 bridgehead atoms. The molecule has 0 fully saturated rings. The Morgan fingerprint density at radius 3 is 2.36 bits per heavy atom. The highest BCUT2D eigenvalue weighted by Gasteiger charge is 2.19. The first-order chi connectivity index (χ1) is 12.0. The Hall–Kier alpha value is -2.85. The van der Waals surface area contributed by atoms with E-state index in [1.54, 1.807) is 36.4 Å². The van der Waals surface area contributed by atoms with Crippen LogP contribution in [0.2, 0.25) is 5.02 Å². The van der Waals surface area contributed by atoms with Crippen LogP contribution < -0.4 is 5.32 Å². The van der Waals surface area contributed by atoms with Gasteiger partial charge in [-0.1, -0.05) is 41.9 Å². The van der Waals surface area contributed by atoms with Crippen molar-refractivity contribution in [2.45, 2.75) is 13.0 Å². The molecule has 25 heavy (non-hydrogen) atoms. The highest BCUT2D eigenvalue weighted by Crippen LogP contribution is 2.17. The van der Waals surface area contributed by atoms with E-state index in [9.17, 15) is 9.59 Å². The van der Waals surface area contributed by atoms with Crippen LogP contribution in [0.3, 0.4) is 0 Å². The lowest BCUT2D eigenvalue weighted by atomic mass is 10.1. The van der Waals surface area contributed by atoms with Crippen LogP contribution in [-0.4, -0.2) is 18.0 Å². The van der Waals surface area contributed by atoms with Crippen LogP contribution in [-0.2, 0) is 9.53 Å². The van der Waals surface area contributed by atoms with E-state index in [0.717, 1.165) is 10.8 Å². The molecule has 0 saturated heterocycles. The van der Waals surface area contributed by atoms with Crippen LogP contribution in [0.4, 0.5) is 5.69 Å². The number of anilines is 1. The molecule has 0 saturated carbocycles. The molecule has 3 aromatic carbocycles. The van der Waals surface area contributed by atoms with Crippen molar-refractivity contribution in [1.29, 1.82) is 0 Å². The molecular formula is C20H16ClNO3. The molecule has 1 atom stereocenters. The highest BCUT2D eigenvalue weighted by molar-refractivity contribution is 6.30. The number of ether oxygens (including phenoxy) is 1. The Bertz CT molecular complexity index is 922. The van der Waals surface area contributed by atoms with E-state index >= 15 is 0 Å². The molecule has 1 N–H and O–H groups in total. The topological polar surface area (TPSA) is 55.4 Å². The zero-order chi connectivity index (χ0) is 17.8. The predicted octanol–water partition coefficient (Wildman–Crippen LogP) is 4.68. The third-order valence-corrected chi connectivity index (χ3v) is 4.00. The number of hydrogen-bond donors (Lipinski definition) is 1. The minimum absolute atomic E-state index is 0.406. The standard InChI is InChI=1S/C20H16ClNO3/c1-13(19(23)22-18-10-8-17(21)9-11-18)25-20(24)16-7-6-14-4-2-3-5-15(14)12-16/h2-13H,1H3,(H,22,23)/t13-/m1/s1. The quantitative estimate of drug-likeness (QED) is 0.693. The van der Waals surface area contributed by atoms with E-state index in [4.69, 9.17) is 16.3 Å². The molecule has 0 aromatic heterocycles. The fraction of sp³-hybridized carbons (Fsp3) is 0.100. The van der Waals surface area contributed by atoms with Crippen molar-refractivity contribution in [3.8, 4) is 0 Å². The average molecular weight is 354 g/mol. The first-order valence-corrected chi connectivity index (χ1v) is 8.17. The third-order valence-electron chi connectivity index (χ3n) is 3.75. The van der Waals surface area contributed by atoms with Gasteiger partial charge in [-0.2, -0.15) is 0 Å². The van der Waals surface area contributed by atoms with Crippen molar-refractivity contribution in [2.75, 3.05) is 5.32 Å². The molecule has 4 nitrogen and oxygen atoms in total. The van der Waals surface area contributed by atoms with Gasteiger partial charge in [0.1, 0.15) is 0 Å². The van der Waals surface area contributed by atoms with Crippen LogP contribution in [0.25, 0.3) is 10.8 Å². The van der Waals surface area contributed by atoms with Gasteiger partial charge in [-0.05, 0) is 54.1 Å². The summed E-state index contributed by atoms with van der Waals surface area (Å²) in [7, 11) is 0. The van der Waals surface area contributed by atoms with E-state index in [1.807, 2.05) is 30.3 Å². The largest absolute Gasteiger partial charge is 0.449 e. The van der Waals surface area contributed by atoms with E-state index in [-0.39, 0.29) is 0 Å². The number of rotatable bonds is 4. The van der Waals surface area contributed by atoms with Crippen LogP contribution in [0.15, 0.2) is 66.7 Å². The van der Waals surface area contributed by atoms with Crippen molar-refractivity contribution in [2.24, 2.45) is 0 Å². The lowest BCUT2D eigenvalue weighted by Gasteiger charge is -2.14. The van der Waals surface area contributed by atoms with E-state index in [0.29, 0.717) is 16.3 Å². The zero-order valence-electron chi connectivity index (χ0n) is 13.5. The summed E-state index contributed by atoms with van der Waals surface area (Å²) in [6.45, 7) is 1.53. The van der Waals surface area contributed by atoms with Gasteiger partial charge in [0.25, 0.3) is 5.91 Å². The van der Waals surface area contributed by atoms with Gasteiger partial charge in [-0.3, -0.25) is 4.79 Å². The number of halogens is 1. The molecule has 1 amide bonds. The maximum atomic E-state index is 12.3. The number of carbonyl (C=O) groups excluding carboxylic acids is 2. The van der Waals surface area contributed by atoms with Crippen molar-refractivity contribution in [3.63, 3.8) is 0 Å². The van der Waals surface area contributed by atoms with Crippen LogP contribution in [0, 0.1) is 0 Å². The van der Waals surface area contributed by atoms with E-state index < -0.39 is 18.0 Å². The molecule has 5 heteroatoms. The number of amides is 1. The number of benzene rings is 3. The van der Waals surface area contributed by atoms with Gasteiger partial charge in [0.05, 0.1) is 5.56 Å². The smallest absolute Gasteiger partial charge is 0.338 e. The summed E-state index contributed by atoms with van der Waals surface area (Å²) in [5, 5.41) is 5.23. The van der Waals surface area contributed by atoms with Crippen molar-refractivity contribution in [1.82, 2.24) is 0 Å². The van der Waals surface area contributed by atoms with Crippen molar-refractivity contribution >= 4 is 39.9 Å². The van der Waals surface area contributed by atoms with Crippen molar-refractivity contribution < 1.29 is 14.3 Å². The van der Waals surface area contributed by atoms with Gasteiger partial charge in [0.2, 0.25) is 0 Å². The molecule has 0 aliphatic heterocycles. The summed E-state index contributed by atoms with van der Waals surface area (Å²) in [5.74, 6) is -0.944. The first-order valence-electron chi connectivity index (χ1n) is 7.79. The molecular weight excluding hydrogens is 338 g/mol. The summed E-state index contributed by atoms with van der Waals surface area (Å²) in [5.41, 5.74) is 0.993. The van der Waals surface area contributed by atoms with Gasteiger partial charge in [0.15, 0.2) is 6.10 Å². The minimum atomic E-state index is -0.922. The van der Waals surface area contributed by atoms with Gasteiger partial charge in [-0.25, -0.2) is 4.79 Å². The molecule has 0 radical (unpaired) electrons. The summed E-state index contributed by atoms with van der Waals surface area (Å²) in [6.07, 6.45) is -0.922. The number of esters is 1. The Labute approximate surface area is 150 Å². The molecule has 0 aliphatic rings. The highest BCUT2D eigenvalue weighted by atomic mass is 35.5. The predicted molar refractivity (Wildman–Crippen MR) is 98.9 cm³/mol. The molecule has 3 rings (SSSR count). The molecule has 0 heterocycles. The fourth-order valence-corrected chi connectivity index (χ4v) is 2.50. The van der Waals surface area contributed by atoms with Gasteiger partial charge >= 0.3 is 5.97 Å². The zero-order valence-corrected chi connectivity index (χ0v) is 14.3. The average Bonchev–Trinajstić information content (AvgIpc) is 2.63. The second-order valence-corrected chi connectivity index (χ2v) is 6.04. The summed E-state index contributed by atoms with van der Waals surface area (Å²) >= 11 is 5.81. The first kappa shape index (κ1) is 17.0. The number of fused-ring (bicyclic) bond motifs is 1. The monoisotopic (exact) mass is 353 g/mol. The molecule has 0 unspecified atom stereocenters. The molecule has 126 valence electrons. The number of carbonyl (C=O) groups is 2. The molecule has 0 aliphatic carbocycles. The Kier molecular flexibility index (Phi) is 5.00. The second kappa shape index (κ2) is 7.36. The SMILES string of the molecule is C[C@@H](OC(=O)c1ccc2ccccc2c1)C(=O)Nc1ccc(Cl)cc1. The van der Waals surface area contributed by atoms with Crippen LogP contribution >= 0.6 is 11.6 Å².